The fourth-order valence-electron chi connectivity index (χ4n) is 4.05. The predicted octanol–water partition coefficient (Wildman–Crippen LogP) is 1.96. The molecule has 1 aromatic carbocycles. The van der Waals surface area contributed by atoms with Gasteiger partial charge in [-0.15, -0.1) is 0 Å². The molecule has 7 nitrogen and oxygen atoms in total. The van der Waals surface area contributed by atoms with Crippen LogP contribution < -0.4 is 14.8 Å². The number of carbonyl (C=O) groups excluding carboxylic acids is 3. The summed E-state index contributed by atoms with van der Waals surface area (Å²) in [6.45, 7) is 1.81. The second-order valence-electron chi connectivity index (χ2n) is 6.83. The summed E-state index contributed by atoms with van der Waals surface area (Å²) < 4.78 is 15.7. The fourth-order valence-corrected chi connectivity index (χ4v) is 4.05. The number of ether oxygens (including phenoxy) is 3. The van der Waals surface area contributed by atoms with Crippen LogP contribution in [-0.2, 0) is 19.1 Å². The Morgan fingerprint density at radius 2 is 1.85 bits per heavy atom. The molecule has 144 valence electrons. The number of benzene rings is 1. The van der Waals surface area contributed by atoms with Crippen molar-refractivity contribution in [1.82, 2.24) is 5.32 Å². The zero-order valence-electron chi connectivity index (χ0n) is 15.8. The number of rotatable bonds is 4. The van der Waals surface area contributed by atoms with E-state index >= 15 is 0 Å². The lowest BCUT2D eigenvalue weighted by Crippen LogP contribution is -2.44. The Bertz CT molecular complexity index is 828. The van der Waals surface area contributed by atoms with Crippen LogP contribution in [-0.4, -0.2) is 39.0 Å². The molecule has 0 fully saturated rings. The van der Waals surface area contributed by atoms with Crippen molar-refractivity contribution in [1.29, 1.82) is 0 Å². The van der Waals surface area contributed by atoms with Crippen molar-refractivity contribution in [3.8, 4) is 11.5 Å². The van der Waals surface area contributed by atoms with Crippen LogP contribution in [0, 0.1) is 11.8 Å². The summed E-state index contributed by atoms with van der Waals surface area (Å²) in [6, 6.07) is 5.35. The van der Waals surface area contributed by atoms with Gasteiger partial charge in [-0.05, 0) is 18.4 Å². The highest BCUT2D eigenvalue weighted by atomic mass is 16.5. The van der Waals surface area contributed by atoms with Gasteiger partial charge < -0.3 is 19.5 Å². The molecule has 0 saturated heterocycles. The molecule has 0 radical (unpaired) electrons. The maximum atomic E-state index is 13.2. The van der Waals surface area contributed by atoms with Crippen molar-refractivity contribution >= 4 is 17.7 Å². The highest BCUT2D eigenvalue weighted by Gasteiger charge is 2.46. The van der Waals surface area contributed by atoms with Gasteiger partial charge in [0.2, 0.25) is 5.91 Å². The van der Waals surface area contributed by atoms with Gasteiger partial charge in [0.1, 0.15) is 5.92 Å². The number of nitrogens with one attached hydrogen (secondary N) is 1. The Hall–Kier alpha value is -2.83. The van der Waals surface area contributed by atoms with Gasteiger partial charge >= 0.3 is 5.97 Å². The van der Waals surface area contributed by atoms with E-state index in [1.807, 2.05) is 13.0 Å². The number of para-hydroxylation sites is 1. The number of hydrogen-bond donors (Lipinski definition) is 1. The number of allylic oxidation sites excluding steroid dienone is 2. The molecular formula is C20H23NO6. The fraction of sp³-hybridized carbons (Fsp3) is 0.450. The van der Waals surface area contributed by atoms with E-state index in [0.29, 0.717) is 34.8 Å². The molecule has 0 spiro atoms. The third-order valence-corrected chi connectivity index (χ3v) is 5.26. The molecule has 3 rings (SSSR count). The van der Waals surface area contributed by atoms with Crippen molar-refractivity contribution < 1.29 is 28.6 Å². The van der Waals surface area contributed by atoms with Crippen LogP contribution in [0.1, 0.15) is 31.2 Å². The molecule has 7 heteroatoms. The van der Waals surface area contributed by atoms with Gasteiger partial charge in [-0.2, -0.15) is 0 Å². The lowest BCUT2D eigenvalue weighted by Gasteiger charge is -2.36. The van der Waals surface area contributed by atoms with E-state index in [2.05, 4.69) is 5.32 Å². The summed E-state index contributed by atoms with van der Waals surface area (Å²) >= 11 is 0. The summed E-state index contributed by atoms with van der Waals surface area (Å²) in [5.41, 5.74) is 1.72. The van der Waals surface area contributed by atoms with Crippen molar-refractivity contribution in [2.24, 2.45) is 11.8 Å². The molecule has 0 bridgehead atoms. The minimum Gasteiger partial charge on any atom is -0.493 e. The number of amides is 1. The summed E-state index contributed by atoms with van der Waals surface area (Å²) in [7, 11) is 4.32. The quantitative estimate of drug-likeness (QED) is 0.641. The first kappa shape index (κ1) is 18.9. The molecule has 0 aromatic heterocycles. The van der Waals surface area contributed by atoms with Crippen molar-refractivity contribution in [2.75, 3.05) is 21.3 Å². The molecule has 27 heavy (non-hydrogen) atoms. The van der Waals surface area contributed by atoms with Crippen LogP contribution in [0.3, 0.4) is 0 Å². The number of hydrogen-bond acceptors (Lipinski definition) is 6. The topological polar surface area (TPSA) is 90.9 Å². The van der Waals surface area contributed by atoms with Gasteiger partial charge in [-0.25, -0.2) is 0 Å². The summed E-state index contributed by atoms with van der Waals surface area (Å²) in [5.74, 6) is -1.65. The Balaban J connectivity index is 2.14. The number of carbonyl (C=O) groups is 3. The average molecular weight is 373 g/mol. The maximum Gasteiger partial charge on any atom is 0.316 e. The van der Waals surface area contributed by atoms with E-state index in [4.69, 9.17) is 14.2 Å². The number of methoxy groups -OCH3 is 3. The van der Waals surface area contributed by atoms with Crippen LogP contribution in [0.4, 0.5) is 0 Å². The Kier molecular flexibility index (Phi) is 5.21. The van der Waals surface area contributed by atoms with Crippen molar-refractivity contribution in [2.45, 2.75) is 25.7 Å². The number of Topliss-reactive ketones (excluding diaryl/α,β-unsaturated/α-hetero) is 1. The van der Waals surface area contributed by atoms with Crippen LogP contribution in [0.5, 0.6) is 11.5 Å². The Morgan fingerprint density at radius 3 is 2.48 bits per heavy atom. The van der Waals surface area contributed by atoms with E-state index in [1.165, 1.54) is 21.3 Å². The van der Waals surface area contributed by atoms with E-state index in [9.17, 15) is 14.4 Å². The Morgan fingerprint density at radius 1 is 1.11 bits per heavy atom. The first-order valence-corrected chi connectivity index (χ1v) is 8.78. The van der Waals surface area contributed by atoms with Gasteiger partial charge in [0.15, 0.2) is 17.3 Å². The molecule has 2 aliphatic rings. The largest absolute Gasteiger partial charge is 0.493 e. The van der Waals surface area contributed by atoms with Gasteiger partial charge in [-0.3, -0.25) is 14.4 Å². The smallest absolute Gasteiger partial charge is 0.316 e. The van der Waals surface area contributed by atoms with Crippen LogP contribution in [0.25, 0.3) is 0 Å². The number of esters is 1. The van der Waals surface area contributed by atoms with Gasteiger partial charge in [-0.1, -0.05) is 19.1 Å². The molecule has 1 amide bonds. The zero-order valence-corrected chi connectivity index (χ0v) is 15.8. The first-order valence-electron chi connectivity index (χ1n) is 8.78. The zero-order chi connectivity index (χ0) is 19.7. The summed E-state index contributed by atoms with van der Waals surface area (Å²) in [4.78, 5) is 37.7. The van der Waals surface area contributed by atoms with Crippen LogP contribution in [0.2, 0.25) is 0 Å². The van der Waals surface area contributed by atoms with E-state index in [1.54, 1.807) is 12.1 Å². The third kappa shape index (κ3) is 3.18. The first-order chi connectivity index (χ1) is 12.9. The molecular weight excluding hydrogens is 350 g/mol. The van der Waals surface area contributed by atoms with E-state index in [-0.39, 0.29) is 24.0 Å². The van der Waals surface area contributed by atoms with Crippen LogP contribution in [0.15, 0.2) is 29.5 Å². The molecule has 3 atom stereocenters. The maximum absolute atomic E-state index is 13.2. The molecule has 1 heterocycles. The number of ketones is 1. The summed E-state index contributed by atoms with van der Waals surface area (Å²) in [6.07, 6.45) is 0.520. The van der Waals surface area contributed by atoms with E-state index in [0.717, 1.165) is 0 Å². The highest BCUT2D eigenvalue weighted by molar-refractivity contribution is 6.11. The molecule has 1 aliphatic heterocycles. The average Bonchev–Trinajstić information content (AvgIpc) is 2.65. The molecule has 0 saturated carbocycles. The lowest BCUT2D eigenvalue weighted by atomic mass is 9.70. The second-order valence-corrected chi connectivity index (χ2v) is 6.83. The van der Waals surface area contributed by atoms with Crippen molar-refractivity contribution in [3.05, 3.63) is 35.0 Å². The monoisotopic (exact) mass is 373 g/mol. The van der Waals surface area contributed by atoms with Gasteiger partial charge in [0.05, 0.1) is 21.3 Å². The molecule has 1 aliphatic carbocycles. The SMILES string of the molecule is COC(=O)[C@@H]1C(=O)C2=C(C[C@@H]1C)NC(=O)C[C@@H]2c1cccc(OC)c1OC. The highest BCUT2D eigenvalue weighted by Crippen LogP contribution is 2.46. The van der Waals surface area contributed by atoms with Crippen molar-refractivity contribution in [3.63, 3.8) is 0 Å². The van der Waals surface area contributed by atoms with Crippen LogP contribution >= 0.6 is 0 Å². The lowest BCUT2D eigenvalue weighted by molar-refractivity contribution is -0.151. The van der Waals surface area contributed by atoms with Gasteiger partial charge in [0.25, 0.3) is 0 Å². The molecule has 0 unspecified atom stereocenters. The molecule has 1 N–H and O–H groups in total. The second kappa shape index (κ2) is 7.42. The minimum atomic E-state index is -0.872. The third-order valence-electron chi connectivity index (χ3n) is 5.26. The minimum absolute atomic E-state index is 0.0936. The summed E-state index contributed by atoms with van der Waals surface area (Å²) in [5, 5.41) is 2.82. The predicted molar refractivity (Wildman–Crippen MR) is 96.4 cm³/mol. The normalized spacial score (nSPS) is 24.8. The Labute approximate surface area is 157 Å². The van der Waals surface area contributed by atoms with E-state index < -0.39 is 17.8 Å². The molecule has 1 aromatic rings. The van der Waals surface area contributed by atoms with Gasteiger partial charge in [0, 0.05) is 29.2 Å². The standard InChI is InChI=1S/C20H23NO6/c1-10-8-13-17(18(23)16(10)20(24)27-4)12(9-15(22)21-13)11-6-5-7-14(25-2)19(11)26-3/h5-7,10,12,16H,8-9H2,1-4H3,(H,21,22)/t10-,12+,16-/m0/s1.